The minimum absolute atomic E-state index is 0.108. The largest absolute Gasteiger partial charge is 0.327 e. The molecule has 0 aliphatic carbocycles. The quantitative estimate of drug-likeness (QED) is 0.875. The van der Waals surface area contributed by atoms with Crippen molar-refractivity contribution in [1.29, 1.82) is 0 Å². The number of hydrogen-bond donors (Lipinski definition) is 1. The van der Waals surface area contributed by atoms with Crippen LogP contribution < -0.4 is 5.73 Å². The Bertz CT molecular complexity index is 344. The maximum absolute atomic E-state index is 6.14. The highest BCUT2D eigenvalue weighted by molar-refractivity contribution is 9.10. The summed E-state index contributed by atoms with van der Waals surface area (Å²) in [5, 5.41) is 0.782. The molecule has 1 unspecified atom stereocenters. The van der Waals surface area contributed by atoms with Gasteiger partial charge in [-0.15, -0.1) is 0 Å². The van der Waals surface area contributed by atoms with Gasteiger partial charge >= 0.3 is 0 Å². The topological polar surface area (TPSA) is 26.0 Å². The normalized spacial score (nSPS) is 14.0. The molecule has 3 heteroatoms. The second-order valence-electron chi connectivity index (χ2n) is 4.91. The molecule has 0 amide bonds. The molecule has 0 bridgehead atoms. The van der Waals surface area contributed by atoms with Gasteiger partial charge in [-0.25, -0.2) is 0 Å². The first kappa shape index (κ1) is 13.0. The molecule has 0 aromatic heterocycles. The molecule has 0 spiro atoms. The molecule has 15 heavy (non-hydrogen) atoms. The van der Waals surface area contributed by atoms with Crippen LogP contribution in [0.1, 0.15) is 26.3 Å². The van der Waals surface area contributed by atoms with Gasteiger partial charge in [-0.3, -0.25) is 0 Å². The van der Waals surface area contributed by atoms with Crippen LogP contribution in [0.15, 0.2) is 22.7 Å². The summed E-state index contributed by atoms with van der Waals surface area (Å²) in [4.78, 5) is 0. The predicted molar refractivity (Wildman–Crippen MR) is 70.3 cm³/mol. The van der Waals surface area contributed by atoms with Gasteiger partial charge in [0.1, 0.15) is 0 Å². The zero-order valence-electron chi connectivity index (χ0n) is 9.35. The van der Waals surface area contributed by atoms with Gasteiger partial charge in [-0.05, 0) is 29.5 Å². The van der Waals surface area contributed by atoms with Gasteiger partial charge in [0.2, 0.25) is 0 Å². The number of halogens is 2. The van der Waals surface area contributed by atoms with Crippen LogP contribution in [-0.2, 0) is 6.42 Å². The maximum Gasteiger partial charge on any atom is 0.0449 e. The molecular formula is C12H17BrClN. The van der Waals surface area contributed by atoms with Crippen molar-refractivity contribution in [2.24, 2.45) is 11.1 Å². The van der Waals surface area contributed by atoms with Gasteiger partial charge in [0, 0.05) is 15.5 Å². The van der Waals surface area contributed by atoms with Gasteiger partial charge in [0.15, 0.2) is 0 Å². The fraction of sp³-hybridized carbons (Fsp3) is 0.500. The van der Waals surface area contributed by atoms with Crippen LogP contribution in [0.5, 0.6) is 0 Å². The second-order valence-corrected chi connectivity index (χ2v) is 6.24. The standard InChI is InChI=1S/C12H17BrClN/c1-12(2,3)11(15)6-8-4-5-9(13)7-10(8)14/h4-5,7,11H,6,15H2,1-3H3. The molecule has 0 saturated carbocycles. The Hall–Kier alpha value is -0.0500. The van der Waals surface area contributed by atoms with Crippen molar-refractivity contribution in [3.63, 3.8) is 0 Å². The molecule has 2 N–H and O–H groups in total. The Morgan fingerprint density at radius 3 is 2.47 bits per heavy atom. The van der Waals surface area contributed by atoms with Gasteiger partial charge in [-0.1, -0.05) is 54.4 Å². The van der Waals surface area contributed by atoms with Crippen LogP contribution >= 0.6 is 27.5 Å². The molecule has 1 aromatic rings. The number of rotatable bonds is 2. The van der Waals surface area contributed by atoms with E-state index in [1.54, 1.807) is 0 Å². The van der Waals surface area contributed by atoms with Crippen LogP contribution in [0.3, 0.4) is 0 Å². The monoisotopic (exact) mass is 289 g/mol. The molecule has 1 atom stereocenters. The summed E-state index contributed by atoms with van der Waals surface area (Å²) >= 11 is 9.52. The Morgan fingerprint density at radius 1 is 1.40 bits per heavy atom. The van der Waals surface area contributed by atoms with E-state index >= 15 is 0 Å². The van der Waals surface area contributed by atoms with Crippen LogP contribution in [0.4, 0.5) is 0 Å². The molecular weight excluding hydrogens is 273 g/mol. The van der Waals surface area contributed by atoms with E-state index in [1.807, 2.05) is 18.2 Å². The number of hydrogen-bond acceptors (Lipinski definition) is 1. The lowest BCUT2D eigenvalue weighted by atomic mass is 9.84. The minimum Gasteiger partial charge on any atom is -0.327 e. The van der Waals surface area contributed by atoms with E-state index in [-0.39, 0.29) is 11.5 Å². The molecule has 1 rings (SSSR count). The summed E-state index contributed by atoms with van der Waals surface area (Å²) in [5.41, 5.74) is 7.34. The molecule has 0 aliphatic heterocycles. The Labute approximate surface area is 105 Å². The smallest absolute Gasteiger partial charge is 0.0449 e. The van der Waals surface area contributed by atoms with Crippen molar-refractivity contribution in [3.8, 4) is 0 Å². The number of benzene rings is 1. The third-order valence-electron chi connectivity index (χ3n) is 2.57. The molecule has 0 heterocycles. The van der Waals surface area contributed by atoms with E-state index in [1.165, 1.54) is 0 Å². The molecule has 0 radical (unpaired) electrons. The molecule has 84 valence electrons. The minimum atomic E-state index is 0.108. The highest BCUT2D eigenvalue weighted by atomic mass is 79.9. The van der Waals surface area contributed by atoms with E-state index in [4.69, 9.17) is 17.3 Å². The predicted octanol–water partition coefficient (Wildman–Crippen LogP) is 4.02. The fourth-order valence-electron chi connectivity index (χ4n) is 1.23. The second kappa shape index (κ2) is 4.86. The lowest BCUT2D eigenvalue weighted by molar-refractivity contribution is 0.318. The first-order valence-corrected chi connectivity index (χ1v) is 6.17. The molecule has 1 aromatic carbocycles. The summed E-state index contributed by atoms with van der Waals surface area (Å²) in [6.07, 6.45) is 0.815. The van der Waals surface area contributed by atoms with E-state index < -0.39 is 0 Å². The molecule has 0 saturated heterocycles. The summed E-state index contributed by atoms with van der Waals surface area (Å²) < 4.78 is 1.00. The van der Waals surface area contributed by atoms with E-state index in [0.717, 1.165) is 21.5 Å². The Balaban J connectivity index is 2.82. The van der Waals surface area contributed by atoms with Gasteiger partial charge in [0.25, 0.3) is 0 Å². The summed E-state index contributed by atoms with van der Waals surface area (Å²) in [6.45, 7) is 6.43. The van der Waals surface area contributed by atoms with E-state index in [0.29, 0.717) is 0 Å². The average molecular weight is 291 g/mol. The third-order valence-corrected chi connectivity index (χ3v) is 3.41. The third kappa shape index (κ3) is 3.78. The molecule has 0 aliphatic rings. The average Bonchev–Trinajstić information content (AvgIpc) is 2.08. The van der Waals surface area contributed by atoms with Crippen molar-refractivity contribution in [2.45, 2.75) is 33.2 Å². The highest BCUT2D eigenvalue weighted by Gasteiger charge is 2.21. The van der Waals surface area contributed by atoms with Crippen molar-refractivity contribution >= 4 is 27.5 Å². The van der Waals surface area contributed by atoms with Gasteiger partial charge < -0.3 is 5.73 Å². The SMILES string of the molecule is CC(C)(C)C(N)Cc1ccc(Br)cc1Cl. The summed E-state index contributed by atoms with van der Waals surface area (Å²) in [7, 11) is 0. The Kier molecular flexibility index (Phi) is 4.21. The summed E-state index contributed by atoms with van der Waals surface area (Å²) in [5.74, 6) is 0. The van der Waals surface area contributed by atoms with Gasteiger partial charge in [0.05, 0.1) is 0 Å². The lowest BCUT2D eigenvalue weighted by Gasteiger charge is -2.27. The van der Waals surface area contributed by atoms with E-state index in [2.05, 4.69) is 36.7 Å². The van der Waals surface area contributed by atoms with Crippen molar-refractivity contribution in [1.82, 2.24) is 0 Å². The fourth-order valence-corrected chi connectivity index (χ4v) is 1.98. The first-order chi connectivity index (χ1) is 6.80. The Morgan fingerprint density at radius 2 is 2.00 bits per heavy atom. The summed E-state index contributed by atoms with van der Waals surface area (Å²) in [6, 6.07) is 6.05. The van der Waals surface area contributed by atoms with Crippen LogP contribution in [0.2, 0.25) is 5.02 Å². The van der Waals surface area contributed by atoms with Crippen molar-refractivity contribution in [3.05, 3.63) is 33.3 Å². The van der Waals surface area contributed by atoms with Crippen LogP contribution in [0, 0.1) is 5.41 Å². The lowest BCUT2D eigenvalue weighted by Crippen LogP contribution is -2.36. The zero-order chi connectivity index (χ0) is 11.6. The van der Waals surface area contributed by atoms with Gasteiger partial charge in [-0.2, -0.15) is 0 Å². The van der Waals surface area contributed by atoms with Crippen LogP contribution in [0.25, 0.3) is 0 Å². The van der Waals surface area contributed by atoms with Crippen molar-refractivity contribution < 1.29 is 0 Å². The first-order valence-electron chi connectivity index (χ1n) is 5.00. The molecule has 0 fully saturated rings. The van der Waals surface area contributed by atoms with Crippen molar-refractivity contribution in [2.75, 3.05) is 0 Å². The zero-order valence-corrected chi connectivity index (χ0v) is 11.7. The molecule has 1 nitrogen and oxygen atoms in total. The van der Waals surface area contributed by atoms with E-state index in [9.17, 15) is 0 Å². The van der Waals surface area contributed by atoms with Crippen LogP contribution in [-0.4, -0.2) is 6.04 Å². The number of nitrogens with two attached hydrogens (primary N) is 1. The maximum atomic E-state index is 6.14. The highest BCUT2D eigenvalue weighted by Crippen LogP contribution is 2.26.